The van der Waals surface area contributed by atoms with E-state index in [1.807, 2.05) is 32.0 Å². The van der Waals surface area contributed by atoms with Gasteiger partial charge in [0.15, 0.2) is 11.6 Å². The quantitative estimate of drug-likeness (QED) is 0.0676. The molecule has 0 radical (unpaired) electrons. The first-order chi connectivity index (χ1) is 26.7. The van der Waals surface area contributed by atoms with Crippen LogP contribution in [0.2, 0.25) is 0 Å². The summed E-state index contributed by atoms with van der Waals surface area (Å²) >= 11 is -1.87. The van der Waals surface area contributed by atoms with E-state index in [4.69, 9.17) is 14.4 Å². The number of nitrogens with two attached hydrogens (primary N) is 1. The molecule has 0 aliphatic rings. The van der Waals surface area contributed by atoms with Gasteiger partial charge in [0.05, 0.1) is 33.7 Å². The molecule has 284 valence electrons. The maximum atomic E-state index is 13.3. The van der Waals surface area contributed by atoms with Gasteiger partial charge in [0.1, 0.15) is 22.0 Å². The fourth-order valence-electron chi connectivity index (χ4n) is 6.13. The molecule has 0 fully saturated rings. The molecule has 6 aromatic carbocycles. The Balaban J connectivity index is 1.17. The number of benzene rings is 6. The zero-order valence-electron chi connectivity index (χ0n) is 30.6. The average Bonchev–Trinajstić information content (AvgIpc) is 3.59. The Hall–Kier alpha value is -6.56. The highest BCUT2D eigenvalue weighted by Crippen LogP contribution is 2.47. The number of rotatable bonds is 10. The molecule has 0 aliphatic heterocycles. The maximum Gasteiger partial charge on any atom is 0.318 e. The van der Waals surface area contributed by atoms with Crippen molar-refractivity contribution in [3.8, 4) is 23.0 Å². The minimum Gasteiger partial charge on any atom is -0.505 e. The highest BCUT2D eigenvalue weighted by atomic mass is 32.2. The van der Waals surface area contributed by atoms with E-state index in [1.165, 1.54) is 0 Å². The Morgan fingerprint density at radius 2 is 1.55 bits per heavy atom. The second-order valence-electron chi connectivity index (χ2n) is 13.0. The molecule has 17 heteroatoms. The second kappa shape index (κ2) is 14.9. The number of fused-ring (bicyclic) bond motifs is 2. The van der Waals surface area contributed by atoms with E-state index in [0.717, 1.165) is 33.7 Å². The summed E-state index contributed by atoms with van der Waals surface area (Å²) in [4.78, 5) is 3.51. The molecule has 4 N–H and O–H groups in total. The van der Waals surface area contributed by atoms with Crippen LogP contribution in [0.5, 0.6) is 11.5 Å². The molecule has 56 heavy (non-hydrogen) atoms. The van der Waals surface area contributed by atoms with Gasteiger partial charge in [-0.2, -0.15) is 22.7 Å². The van der Waals surface area contributed by atoms with Crippen LogP contribution in [0.1, 0.15) is 22.5 Å². The summed E-state index contributed by atoms with van der Waals surface area (Å²) in [5.74, 6) is 0.208. The first-order valence-corrected chi connectivity index (χ1v) is 19.4. The third-order valence-corrected chi connectivity index (χ3v) is 10.6. The van der Waals surface area contributed by atoms with Crippen molar-refractivity contribution in [2.24, 2.45) is 20.5 Å². The summed E-state index contributed by atoms with van der Waals surface area (Å²) in [5.41, 5.74) is 10.6. The summed E-state index contributed by atoms with van der Waals surface area (Å²) in [6, 6.07) is 25.9. The summed E-state index contributed by atoms with van der Waals surface area (Å²) in [7, 11) is -3.20. The fraction of sp³-hybridized carbons (Fsp3) is 0.128. The van der Waals surface area contributed by atoms with Crippen molar-refractivity contribution in [2.45, 2.75) is 32.6 Å². The normalized spacial score (nSPS) is 12.6. The Labute approximate surface area is 323 Å². The summed E-state index contributed by atoms with van der Waals surface area (Å²) < 4.78 is 61.1. The summed E-state index contributed by atoms with van der Waals surface area (Å²) in [6.07, 6.45) is 0. The van der Waals surface area contributed by atoms with Crippen LogP contribution in [0.25, 0.3) is 33.0 Å². The Morgan fingerprint density at radius 3 is 2.27 bits per heavy atom. The maximum absolute atomic E-state index is 13.3. The predicted molar refractivity (Wildman–Crippen MR) is 214 cm³/mol. The van der Waals surface area contributed by atoms with Gasteiger partial charge < -0.3 is 19.5 Å². The van der Waals surface area contributed by atoms with Crippen molar-refractivity contribution >= 4 is 77.1 Å². The second-order valence-corrected chi connectivity index (χ2v) is 15.5. The molecule has 0 amide bonds. The number of aromatic nitrogens is 2. The van der Waals surface area contributed by atoms with Crippen LogP contribution in [-0.4, -0.2) is 39.5 Å². The molecule has 7 aromatic rings. The number of phenols is 1. The smallest absolute Gasteiger partial charge is 0.318 e. The van der Waals surface area contributed by atoms with Crippen molar-refractivity contribution in [3.63, 3.8) is 0 Å². The monoisotopic (exact) mass is 790 g/mol. The summed E-state index contributed by atoms with van der Waals surface area (Å²) in [6.45, 7) is 7.33. The van der Waals surface area contributed by atoms with E-state index in [9.17, 15) is 22.3 Å². The number of phenolic OH excluding ortho intramolecular Hbond substituents is 1. The topological polar surface area (TPSA) is 219 Å². The first-order valence-electron chi connectivity index (χ1n) is 16.9. The molecule has 1 atom stereocenters. The number of anilines is 2. The van der Waals surface area contributed by atoms with Crippen molar-refractivity contribution < 1.29 is 31.0 Å². The molecular formula is C39H34N8O7S2. The van der Waals surface area contributed by atoms with Crippen LogP contribution in [0.4, 0.5) is 34.1 Å². The molecule has 0 bridgehead atoms. The lowest BCUT2D eigenvalue weighted by atomic mass is 10.0. The van der Waals surface area contributed by atoms with Gasteiger partial charge in [0, 0.05) is 12.4 Å². The van der Waals surface area contributed by atoms with Crippen LogP contribution in [0.3, 0.4) is 0 Å². The zero-order valence-corrected chi connectivity index (χ0v) is 32.3. The summed E-state index contributed by atoms with van der Waals surface area (Å²) in [5, 5.41) is 34.3. The van der Waals surface area contributed by atoms with Crippen LogP contribution in [0, 0.1) is 27.7 Å². The predicted octanol–water partition coefficient (Wildman–Crippen LogP) is 9.74. The lowest BCUT2D eigenvalue weighted by Crippen LogP contribution is -2.24. The average molecular weight is 791 g/mol. The van der Waals surface area contributed by atoms with Crippen LogP contribution in [0.15, 0.2) is 121 Å². The van der Waals surface area contributed by atoms with Crippen molar-refractivity contribution in [2.75, 3.05) is 17.1 Å². The minimum absolute atomic E-state index is 0.0126. The van der Waals surface area contributed by atoms with Crippen LogP contribution < -0.4 is 14.2 Å². The molecule has 0 saturated carbocycles. The number of hydrogen-bond acceptors (Lipinski definition) is 13. The third kappa shape index (κ3) is 7.55. The Kier molecular flexibility index (Phi) is 10.1. The first kappa shape index (κ1) is 37.7. The lowest BCUT2D eigenvalue weighted by Gasteiger charge is -2.20. The highest BCUT2D eigenvalue weighted by Gasteiger charge is 2.25. The largest absolute Gasteiger partial charge is 0.505 e. The molecule has 0 spiro atoms. The van der Waals surface area contributed by atoms with Gasteiger partial charge in [-0.05, 0) is 104 Å². The standard InChI is InChI=1S/C39H34N8O7S2/c1-21-10-15-29-25(16-21)17-22(2)18-32(29)47(5)55(49)54-28-13-11-27(12-14-28)42-44-36-23(3)19-26-20-33(56(50,51)52)37(38(48)34(26)35(36)40)45-43-31-9-7-6-8-30(31)39-41-24(4)46-53-39/h6-20,48H,40H2,1-5H3,(H,50,51,52). The van der Waals surface area contributed by atoms with Crippen LogP contribution >= 0.6 is 0 Å². The number of azo groups is 2. The van der Waals surface area contributed by atoms with Gasteiger partial charge in [0.25, 0.3) is 16.0 Å². The molecule has 0 aliphatic carbocycles. The zero-order chi connectivity index (χ0) is 39.9. The molecule has 1 aromatic heterocycles. The molecule has 7 rings (SSSR count). The molecular weight excluding hydrogens is 757 g/mol. The number of nitrogen functional groups attached to an aromatic ring is 1. The Morgan fingerprint density at radius 1 is 0.839 bits per heavy atom. The van der Waals surface area contributed by atoms with E-state index >= 15 is 0 Å². The van der Waals surface area contributed by atoms with Crippen molar-refractivity contribution in [1.82, 2.24) is 10.1 Å². The van der Waals surface area contributed by atoms with Crippen molar-refractivity contribution in [1.29, 1.82) is 0 Å². The van der Waals surface area contributed by atoms with Crippen LogP contribution in [-0.2, 0) is 21.4 Å². The molecule has 0 saturated heterocycles. The lowest BCUT2D eigenvalue weighted by molar-refractivity contribution is 0.425. The fourth-order valence-corrected chi connectivity index (χ4v) is 7.49. The van der Waals surface area contributed by atoms with Gasteiger partial charge in [0.2, 0.25) is 0 Å². The number of aromatic hydroxyl groups is 1. The Bertz CT molecular complexity index is 2870. The molecule has 1 heterocycles. The van der Waals surface area contributed by atoms with Crippen molar-refractivity contribution in [3.05, 3.63) is 114 Å². The van der Waals surface area contributed by atoms with Gasteiger partial charge in [-0.1, -0.05) is 47.1 Å². The van der Waals surface area contributed by atoms with Gasteiger partial charge in [-0.25, -0.2) is 0 Å². The van der Waals surface area contributed by atoms with E-state index < -0.39 is 37.7 Å². The van der Waals surface area contributed by atoms with E-state index in [2.05, 4.69) is 42.7 Å². The SMILES string of the molecule is Cc1ccc2c(N(C)S(=O)Oc3ccc(N=Nc4c(C)cc5cc(S(=O)(=O)O)c(N=Nc6ccccc6-c6nc(C)no6)c(O)c5c4N)cc3)cc(C)cc2c1. The van der Waals surface area contributed by atoms with Gasteiger partial charge >= 0.3 is 11.3 Å². The highest BCUT2D eigenvalue weighted by molar-refractivity contribution is 7.86. The number of aryl methyl sites for hydroxylation is 4. The molecule has 1 unspecified atom stereocenters. The van der Waals surface area contributed by atoms with Gasteiger partial charge in [-0.15, -0.1) is 15.3 Å². The van der Waals surface area contributed by atoms with Gasteiger partial charge in [-0.3, -0.25) is 8.86 Å². The number of hydrogen-bond donors (Lipinski definition) is 3. The third-order valence-electron chi connectivity index (χ3n) is 8.80. The van der Waals surface area contributed by atoms with E-state index in [0.29, 0.717) is 28.4 Å². The van der Waals surface area contributed by atoms with E-state index in [1.54, 1.807) is 79.8 Å². The number of nitrogens with zero attached hydrogens (tertiary/aromatic N) is 7. The molecule has 15 nitrogen and oxygen atoms in total. The van der Waals surface area contributed by atoms with E-state index in [-0.39, 0.29) is 33.7 Å². The minimum atomic E-state index is -4.90.